The standard InChI is InChI=1S/C24H36N2O13.C18H22O6.C17H22O5/c1-9-15(26-10(2)28)20(17(32)14(8-27)37-9)38-24-19(34)18(33)21(36-3)22(39-24)23(35)25-5-4-11-6-12(29)16(31)13(30)7-11;1-3-5-9-7-11(19)15(21)17(23)13(9)14-10(6-4-2)8-12(20)16(22)18(14)24;1-3-5-10-7-11(18)14(20)13-16(22)15(21)12(19)9-17(13,8-10)6-4-2/h6-7,9,14-15,17-22,24,27,29-34H,4-5,8H2,1-3H3,(H,25,35)(H,26,28);7-8,19-24H,3-6H2,1-2H3;7,9,13-14,19-20H,3-6,8H2,1-2H3. The number of aromatic hydroxyl groups is 9. The van der Waals surface area contributed by atoms with Gasteiger partial charge in [0.25, 0.3) is 11.7 Å². The van der Waals surface area contributed by atoms with Crippen LogP contribution in [0.25, 0.3) is 11.1 Å². The molecule has 85 heavy (non-hydrogen) atoms. The van der Waals surface area contributed by atoms with Gasteiger partial charge in [-0.25, -0.2) is 0 Å². The van der Waals surface area contributed by atoms with Crippen LogP contribution in [0.3, 0.4) is 0 Å². The molecule has 3 aromatic rings. The van der Waals surface area contributed by atoms with Crippen LogP contribution < -0.4 is 10.6 Å². The third-order valence-electron chi connectivity index (χ3n) is 15.3. The number of nitrogens with one attached hydrogen (secondary N) is 2. The van der Waals surface area contributed by atoms with Crippen LogP contribution in [-0.2, 0) is 62.2 Å². The van der Waals surface area contributed by atoms with Crippen molar-refractivity contribution in [3.8, 4) is 62.9 Å². The first-order valence-electron chi connectivity index (χ1n) is 28.0. The maximum Gasteiger partial charge on any atom is 0.262 e. The molecule has 2 heterocycles. The third kappa shape index (κ3) is 15.2. The number of hydrogen-bond donors (Lipinski definition) is 17. The summed E-state index contributed by atoms with van der Waals surface area (Å²) in [5.41, 5.74) is 1.71. The minimum Gasteiger partial charge on any atom is -0.504 e. The second kappa shape index (κ2) is 29.7. The zero-order chi connectivity index (χ0) is 63.5. The summed E-state index contributed by atoms with van der Waals surface area (Å²) in [5.74, 6) is -10.5. The quantitative estimate of drug-likeness (QED) is 0.0642. The van der Waals surface area contributed by atoms with Gasteiger partial charge in [0, 0.05) is 37.1 Å². The number of benzene rings is 3. The molecular formula is C59H80N2O24. The van der Waals surface area contributed by atoms with Crippen molar-refractivity contribution in [3.63, 3.8) is 0 Å². The fraction of sp³-hybridized carbons (Fsp3) is 0.542. The van der Waals surface area contributed by atoms with Crippen LogP contribution in [0, 0.1) is 11.3 Å². The minimum atomic E-state index is -1.72. The molecule has 0 aromatic heterocycles. The van der Waals surface area contributed by atoms with Crippen molar-refractivity contribution in [2.24, 2.45) is 11.3 Å². The molecule has 2 fully saturated rings. The molecule has 0 spiro atoms. The highest BCUT2D eigenvalue weighted by molar-refractivity contribution is 6.45. The lowest BCUT2D eigenvalue weighted by Gasteiger charge is -2.47. The summed E-state index contributed by atoms with van der Waals surface area (Å²) in [6.07, 6.45) is -5.44. The maximum atomic E-state index is 13.0. The number of Topliss-reactive ketones (excluding diaryl/α,β-unsaturated/α-hetero) is 2. The van der Waals surface area contributed by atoms with Crippen LogP contribution >= 0.6 is 0 Å². The number of aryl methyl sites for hydroxylation is 2. The van der Waals surface area contributed by atoms with Crippen molar-refractivity contribution in [3.05, 3.63) is 64.4 Å². The number of carbonyl (C=O) groups is 5. The van der Waals surface area contributed by atoms with Crippen molar-refractivity contribution in [2.45, 2.75) is 173 Å². The smallest absolute Gasteiger partial charge is 0.262 e. The lowest BCUT2D eigenvalue weighted by molar-refractivity contribution is -0.325. The fourth-order valence-electron chi connectivity index (χ4n) is 11.3. The van der Waals surface area contributed by atoms with Gasteiger partial charge in [-0.3, -0.25) is 24.0 Å². The minimum absolute atomic E-state index is 0.0120. The summed E-state index contributed by atoms with van der Waals surface area (Å²) in [6.45, 7) is 9.99. The highest BCUT2D eigenvalue weighted by Crippen LogP contribution is 2.53. The summed E-state index contributed by atoms with van der Waals surface area (Å²) in [7, 11) is 1.20. The van der Waals surface area contributed by atoms with E-state index in [4.69, 9.17) is 18.9 Å². The van der Waals surface area contributed by atoms with E-state index in [1.54, 1.807) is 6.92 Å². The van der Waals surface area contributed by atoms with Gasteiger partial charge < -0.3 is 106 Å². The molecule has 0 radical (unpaired) electrons. The Bertz CT molecular complexity index is 2870. The first-order valence-corrected chi connectivity index (χ1v) is 28.0. The molecule has 2 aliphatic carbocycles. The molecule has 26 nitrogen and oxygen atoms in total. The molecule has 17 N–H and O–H groups in total. The number of aliphatic hydroxyl groups is 6. The van der Waals surface area contributed by atoms with Gasteiger partial charge in [0.05, 0.1) is 24.7 Å². The average molecular weight is 1200 g/mol. The van der Waals surface area contributed by atoms with Gasteiger partial charge in [0.2, 0.25) is 23.2 Å². The van der Waals surface area contributed by atoms with E-state index in [1.165, 1.54) is 50.5 Å². The number of phenolic OH excluding ortho intramolecular Hbond substituents is 9. The molecule has 26 heteroatoms. The van der Waals surface area contributed by atoms with E-state index in [-0.39, 0.29) is 24.1 Å². The second-order valence-electron chi connectivity index (χ2n) is 21.5. The molecular weight excluding hydrogens is 1120 g/mol. The average Bonchev–Trinajstić information content (AvgIpc) is 1.99. The van der Waals surface area contributed by atoms with E-state index in [2.05, 4.69) is 10.6 Å². The lowest BCUT2D eigenvalue weighted by atomic mass is 9.62. The summed E-state index contributed by atoms with van der Waals surface area (Å²) in [6, 6.07) is 4.15. The SMILES string of the molecule is CCCC1=CC(=O)C(O)C2C(=O)C(=O)C(O)=CC2(CCC)C1.CCCc1cc(O)c(O)c(O)c1-c1c(CCC)cc(O)c(O)c1O.COC1C(C(=O)NCCc2cc(O)c(O)c(O)c2)OC(OC2C(O)C(CO)OC(C)C2NC(C)=O)C(O)C1O. The monoisotopic (exact) mass is 1200 g/mol. The Morgan fingerprint density at radius 1 is 0.682 bits per heavy atom. The van der Waals surface area contributed by atoms with E-state index in [0.717, 1.165) is 12.0 Å². The largest absolute Gasteiger partial charge is 0.504 e. The predicted octanol–water partition coefficient (Wildman–Crippen LogP) is 2.49. The van der Waals surface area contributed by atoms with Crippen LogP contribution in [-0.4, -0.2) is 193 Å². The number of methoxy groups -OCH3 is 1. The van der Waals surface area contributed by atoms with Gasteiger partial charge in [-0.1, -0.05) is 59.0 Å². The van der Waals surface area contributed by atoms with Crippen molar-refractivity contribution >= 4 is 29.2 Å². The molecule has 7 rings (SSSR count). The number of ketones is 3. The molecule has 2 aliphatic heterocycles. The van der Waals surface area contributed by atoms with Crippen molar-refractivity contribution < 1.29 is 120 Å². The molecule has 4 aliphatic rings. The number of allylic oxidation sites excluding steroid dienone is 3. The molecule has 0 bridgehead atoms. The van der Waals surface area contributed by atoms with Gasteiger partial charge >= 0.3 is 0 Å². The predicted molar refractivity (Wildman–Crippen MR) is 300 cm³/mol. The molecule has 13 unspecified atom stereocenters. The van der Waals surface area contributed by atoms with Crippen molar-refractivity contribution in [2.75, 3.05) is 20.3 Å². The molecule has 2 saturated heterocycles. The van der Waals surface area contributed by atoms with Crippen LogP contribution in [0.1, 0.15) is 103 Å². The van der Waals surface area contributed by atoms with Crippen LogP contribution in [0.15, 0.2) is 47.7 Å². The number of fused-ring (bicyclic) bond motifs is 1. The first kappa shape index (κ1) is 68.5. The first-order chi connectivity index (χ1) is 40.1. The van der Waals surface area contributed by atoms with Gasteiger partial charge in [-0.15, -0.1) is 0 Å². The fourth-order valence-corrected chi connectivity index (χ4v) is 11.3. The Labute approximate surface area is 489 Å². The molecule has 3 aromatic carbocycles. The Hall–Kier alpha value is -7.27. The van der Waals surface area contributed by atoms with Crippen LogP contribution in [0.5, 0.6) is 51.7 Å². The van der Waals surface area contributed by atoms with E-state index in [9.17, 15) is 101 Å². The summed E-state index contributed by atoms with van der Waals surface area (Å²) in [5, 5.41) is 156. The number of rotatable bonds is 18. The number of ether oxygens (including phenoxy) is 4. The summed E-state index contributed by atoms with van der Waals surface area (Å²) < 4.78 is 22.3. The number of amides is 2. The van der Waals surface area contributed by atoms with Crippen LogP contribution in [0.4, 0.5) is 0 Å². The summed E-state index contributed by atoms with van der Waals surface area (Å²) in [4.78, 5) is 61.1. The molecule has 0 saturated carbocycles. The van der Waals surface area contributed by atoms with Crippen LogP contribution in [0.2, 0.25) is 0 Å². The zero-order valence-corrected chi connectivity index (χ0v) is 48.3. The Morgan fingerprint density at radius 2 is 1.22 bits per heavy atom. The highest BCUT2D eigenvalue weighted by Gasteiger charge is 2.55. The van der Waals surface area contributed by atoms with E-state index < -0.39 is 172 Å². The Balaban J connectivity index is 0.000000247. The number of aliphatic hydroxyl groups excluding tert-OH is 6. The zero-order valence-electron chi connectivity index (χ0n) is 48.3. The lowest BCUT2D eigenvalue weighted by Crippen LogP contribution is -2.68. The topological polar surface area (TPSA) is 450 Å². The Morgan fingerprint density at radius 3 is 1.72 bits per heavy atom. The van der Waals surface area contributed by atoms with E-state index in [1.807, 2.05) is 27.7 Å². The molecule has 13 atom stereocenters. The van der Waals surface area contributed by atoms with Gasteiger partial charge in [0.1, 0.15) is 42.7 Å². The van der Waals surface area contributed by atoms with Crippen molar-refractivity contribution in [1.82, 2.24) is 10.6 Å². The third-order valence-corrected chi connectivity index (χ3v) is 15.3. The Kier molecular flexibility index (Phi) is 23.9. The number of hydrogen-bond acceptors (Lipinski definition) is 24. The number of carbonyl (C=O) groups excluding carboxylic acids is 5. The van der Waals surface area contributed by atoms with Gasteiger partial charge in [0.15, 0.2) is 64.2 Å². The normalized spacial score (nSPS) is 27.4. The van der Waals surface area contributed by atoms with Gasteiger partial charge in [-0.05, 0) is 98.6 Å². The van der Waals surface area contributed by atoms with Gasteiger partial charge in [-0.2, -0.15) is 0 Å². The van der Waals surface area contributed by atoms with E-state index in [0.29, 0.717) is 68.1 Å². The van der Waals surface area contributed by atoms with E-state index >= 15 is 0 Å². The summed E-state index contributed by atoms with van der Waals surface area (Å²) >= 11 is 0. The second-order valence-corrected chi connectivity index (χ2v) is 21.5. The molecule has 470 valence electrons. The molecule has 2 amide bonds. The highest BCUT2D eigenvalue weighted by atomic mass is 16.7. The number of phenols is 9. The maximum absolute atomic E-state index is 13.0. The van der Waals surface area contributed by atoms with Crippen molar-refractivity contribution in [1.29, 1.82) is 0 Å².